The largest absolute Gasteiger partial charge is 0.321 e. The Morgan fingerprint density at radius 3 is 2.62 bits per heavy atom. The molecule has 7 heteroatoms. The Bertz CT molecular complexity index is 1030. The predicted molar refractivity (Wildman–Crippen MR) is 103 cm³/mol. The number of hydrogen-bond donors (Lipinski definition) is 1. The smallest absolute Gasteiger partial charge is 0.252 e. The Labute approximate surface area is 153 Å². The number of H-pyrrole nitrogens is 1. The molecule has 2 aliphatic heterocycles. The highest BCUT2D eigenvalue weighted by molar-refractivity contribution is 7.91. The number of sulfone groups is 1. The van der Waals surface area contributed by atoms with Crippen LogP contribution in [0.1, 0.15) is 16.7 Å². The van der Waals surface area contributed by atoms with Crippen LogP contribution in [0.5, 0.6) is 0 Å². The molecule has 3 heterocycles. The molecule has 0 spiro atoms. The van der Waals surface area contributed by atoms with E-state index in [2.05, 4.69) is 26.9 Å². The molecule has 1 aromatic heterocycles. The number of piperazine rings is 1. The second-order valence-corrected chi connectivity index (χ2v) is 9.99. The number of nitrogens with zero attached hydrogens (tertiary/aromatic N) is 2. The van der Waals surface area contributed by atoms with Gasteiger partial charge in [-0.2, -0.15) is 0 Å². The molecule has 1 N–H and O–H groups in total. The van der Waals surface area contributed by atoms with Crippen LogP contribution in [0.25, 0.3) is 10.9 Å². The van der Waals surface area contributed by atoms with Crippen LogP contribution in [0.3, 0.4) is 0 Å². The summed E-state index contributed by atoms with van der Waals surface area (Å²) in [5.74, 6) is 0.406. The Hall–Kier alpha value is -1.70. The lowest BCUT2D eigenvalue weighted by molar-refractivity contribution is 0.0570. The van der Waals surface area contributed by atoms with E-state index in [1.807, 2.05) is 27.0 Å². The van der Waals surface area contributed by atoms with Crippen molar-refractivity contribution < 1.29 is 8.42 Å². The maximum Gasteiger partial charge on any atom is 0.252 e. The summed E-state index contributed by atoms with van der Waals surface area (Å²) in [7, 11) is -1.02. The summed E-state index contributed by atoms with van der Waals surface area (Å²) in [6.45, 7) is 6.13. The predicted octanol–water partition coefficient (Wildman–Crippen LogP) is 1.06. The number of benzene rings is 1. The molecule has 0 bridgehead atoms. The first-order valence-electron chi connectivity index (χ1n) is 9.01. The molecule has 6 nitrogen and oxygen atoms in total. The van der Waals surface area contributed by atoms with Gasteiger partial charge >= 0.3 is 0 Å². The fraction of sp³-hybridized carbons (Fsp3) is 0.526. The molecule has 4 rings (SSSR count). The molecular weight excluding hydrogens is 350 g/mol. The maximum atomic E-state index is 12.6. The summed E-state index contributed by atoms with van der Waals surface area (Å²) in [6, 6.07) is 6.09. The minimum atomic E-state index is -3.01. The quantitative estimate of drug-likeness (QED) is 0.850. The van der Waals surface area contributed by atoms with Crippen LogP contribution in [-0.4, -0.2) is 66.9 Å². The minimum absolute atomic E-state index is 0.0257. The topological polar surface area (TPSA) is 73.5 Å². The van der Waals surface area contributed by atoms with Crippen molar-refractivity contribution in [3.05, 3.63) is 45.2 Å². The average Bonchev–Trinajstić information content (AvgIpc) is 2.88. The van der Waals surface area contributed by atoms with Crippen molar-refractivity contribution in [3.8, 4) is 0 Å². The second kappa shape index (κ2) is 6.18. The summed E-state index contributed by atoms with van der Waals surface area (Å²) >= 11 is 0. The van der Waals surface area contributed by atoms with E-state index < -0.39 is 9.84 Å². The zero-order chi connectivity index (χ0) is 18.6. The van der Waals surface area contributed by atoms with E-state index in [-0.39, 0.29) is 29.1 Å². The third-order valence-corrected chi connectivity index (χ3v) is 7.51. The molecule has 2 aromatic rings. The van der Waals surface area contributed by atoms with Gasteiger partial charge in [-0.1, -0.05) is 11.6 Å². The number of aryl methyl sites for hydroxylation is 2. The van der Waals surface area contributed by atoms with Crippen molar-refractivity contribution in [1.82, 2.24) is 14.8 Å². The van der Waals surface area contributed by atoms with Crippen molar-refractivity contribution in [2.45, 2.75) is 32.5 Å². The van der Waals surface area contributed by atoms with Crippen molar-refractivity contribution in [1.29, 1.82) is 0 Å². The van der Waals surface area contributed by atoms with Crippen LogP contribution < -0.4 is 5.56 Å². The summed E-state index contributed by atoms with van der Waals surface area (Å²) < 4.78 is 24.3. The normalized spacial score (nSPS) is 26.3. The highest BCUT2D eigenvalue weighted by atomic mass is 32.2. The van der Waals surface area contributed by atoms with Crippen molar-refractivity contribution >= 4 is 20.7 Å². The summed E-state index contributed by atoms with van der Waals surface area (Å²) in [5, 5.41) is 1.03. The Morgan fingerprint density at radius 1 is 1.12 bits per heavy atom. The molecular formula is C19H25N3O3S. The molecule has 0 unspecified atom stereocenters. The minimum Gasteiger partial charge on any atom is -0.321 e. The van der Waals surface area contributed by atoms with Crippen LogP contribution in [-0.2, 0) is 16.4 Å². The third-order valence-electron chi connectivity index (χ3n) is 5.81. The van der Waals surface area contributed by atoms with Crippen LogP contribution in [0, 0.1) is 13.8 Å². The van der Waals surface area contributed by atoms with E-state index in [0.717, 1.165) is 35.1 Å². The lowest BCUT2D eigenvalue weighted by Crippen LogP contribution is -2.57. The lowest BCUT2D eigenvalue weighted by atomic mass is 10.0. The third kappa shape index (κ3) is 3.08. The van der Waals surface area contributed by atoms with Crippen molar-refractivity contribution in [2.24, 2.45) is 0 Å². The molecule has 2 fully saturated rings. The molecule has 2 aliphatic rings. The van der Waals surface area contributed by atoms with Gasteiger partial charge in [-0.3, -0.25) is 14.6 Å². The Balaban J connectivity index is 1.69. The standard InChI is InChI=1S/C19H25N3O3S/c1-12-6-13(2)18-14(7-12)8-15(19(23)20-18)9-22-5-4-21(3)16-10-26(24,25)11-17(16)22/h6-8,16-17H,4-5,9-11H2,1-3H3,(H,20,23)/t16-,17+/m0/s1. The van der Waals surface area contributed by atoms with Gasteiger partial charge < -0.3 is 4.98 Å². The van der Waals surface area contributed by atoms with Gasteiger partial charge in [-0.15, -0.1) is 0 Å². The van der Waals surface area contributed by atoms with E-state index in [9.17, 15) is 13.2 Å². The highest BCUT2D eigenvalue weighted by Gasteiger charge is 2.45. The highest BCUT2D eigenvalue weighted by Crippen LogP contribution is 2.27. The zero-order valence-electron chi connectivity index (χ0n) is 15.4. The van der Waals surface area contributed by atoms with Gasteiger partial charge in [0.2, 0.25) is 0 Å². The van der Waals surface area contributed by atoms with Gasteiger partial charge in [0, 0.05) is 37.3 Å². The van der Waals surface area contributed by atoms with E-state index in [4.69, 9.17) is 0 Å². The summed E-state index contributed by atoms with van der Waals surface area (Å²) in [6.07, 6.45) is 0. The van der Waals surface area contributed by atoms with E-state index in [0.29, 0.717) is 12.1 Å². The molecule has 2 saturated heterocycles. The van der Waals surface area contributed by atoms with Crippen LogP contribution in [0.4, 0.5) is 0 Å². The average molecular weight is 375 g/mol. The SMILES string of the molecule is Cc1cc(C)c2[nH]c(=O)c(CN3CCN(C)[C@H]4CS(=O)(=O)C[C@H]43)cc2c1. The first kappa shape index (κ1) is 17.7. The van der Waals surface area contributed by atoms with Gasteiger partial charge in [0.25, 0.3) is 5.56 Å². The number of aromatic nitrogens is 1. The van der Waals surface area contributed by atoms with E-state index in [1.165, 1.54) is 0 Å². The number of pyridine rings is 1. The second-order valence-electron chi connectivity index (χ2n) is 7.83. The molecule has 0 radical (unpaired) electrons. The van der Waals surface area contributed by atoms with Gasteiger partial charge in [0.1, 0.15) is 0 Å². The van der Waals surface area contributed by atoms with Crippen molar-refractivity contribution in [3.63, 3.8) is 0 Å². The monoisotopic (exact) mass is 375 g/mol. The zero-order valence-corrected chi connectivity index (χ0v) is 16.3. The fourth-order valence-electron chi connectivity index (χ4n) is 4.46. The molecule has 0 aliphatic carbocycles. The number of rotatable bonds is 2. The van der Waals surface area contributed by atoms with Crippen LogP contribution >= 0.6 is 0 Å². The van der Waals surface area contributed by atoms with E-state index >= 15 is 0 Å². The number of hydrogen-bond acceptors (Lipinski definition) is 5. The number of nitrogens with one attached hydrogen (secondary N) is 1. The summed E-state index contributed by atoms with van der Waals surface area (Å²) in [5.41, 5.74) is 3.72. The Kier molecular flexibility index (Phi) is 4.21. The van der Waals surface area contributed by atoms with Gasteiger partial charge in [0.05, 0.1) is 17.0 Å². The molecule has 1 aromatic carbocycles. The maximum absolute atomic E-state index is 12.6. The first-order chi connectivity index (χ1) is 12.2. The molecule has 140 valence electrons. The summed E-state index contributed by atoms with van der Waals surface area (Å²) in [4.78, 5) is 20.0. The van der Waals surface area contributed by atoms with Gasteiger partial charge in [-0.25, -0.2) is 8.42 Å². The molecule has 0 saturated carbocycles. The van der Waals surface area contributed by atoms with Crippen LogP contribution in [0.15, 0.2) is 23.0 Å². The van der Waals surface area contributed by atoms with Crippen LogP contribution in [0.2, 0.25) is 0 Å². The first-order valence-corrected chi connectivity index (χ1v) is 10.8. The molecule has 2 atom stereocenters. The van der Waals surface area contributed by atoms with Crippen molar-refractivity contribution in [2.75, 3.05) is 31.6 Å². The number of likely N-dealkylation sites (N-methyl/N-ethyl adjacent to an activating group) is 1. The number of aromatic amines is 1. The molecule has 0 amide bonds. The number of fused-ring (bicyclic) bond motifs is 2. The lowest BCUT2D eigenvalue weighted by Gasteiger charge is -2.42. The van der Waals surface area contributed by atoms with E-state index in [1.54, 1.807) is 0 Å². The van der Waals surface area contributed by atoms with Gasteiger partial charge in [0.15, 0.2) is 9.84 Å². The Morgan fingerprint density at radius 2 is 1.85 bits per heavy atom. The van der Waals surface area contributed by atoms with Gasteiger partial charge in [-0.05, 0) is 44.0 Å². The fourth-order valence-corrected chi connectivity index (χ4v) is 6.55. The molecule has 26 heavy (non-hydrogen) atoms.